The number of hydrogen-bond donors (Lipinski definition) is 0. The van der Waals surface area contributed by atoms with Gasteiger partial charge in [0.15, 0.2) is 0 Å². The van der Waals surface area contributed by atoms with Crippen molar-refractivity contribution in [1.82, 2.24) is 4.90 Å². The fourth-order valence-electron chi connectivity index (χ4n) is 1.10. The normalized spacial score (nSPS) is 9.06. The molecule has 88 valence electrons. The summed E-state index contributed by atoms with van der Waals surface area (Å²) in [5.74, 6) is 0. The molecule has 0 rings (SSSR count). The van der Waals surface area contributed by atoms with Crippen LogP contribution >= 0.6 is 0 Å². The third kappa shape index (κ3) is 15.7. The second-order valence-electron chi connectivity index (χ2n) is 3.84. The Morgan fingerprint density at radius 1 is 1.06 bits per heavy atom. The van der Waals surface area contributed by atoms with Gasteiger partial charge in [-0.15, -0.1) is 0 Å². The van der Waals surface area contributed by atoms with Gasteiger partial charge in [0.1, 0.15) is 0 Å². The van der Waals surface area contributed by atoms with E-state index in [1.807, 2.05) is 0 Å². The standard InChI is InChI=1S/C8H18N4.B6/c1-3-12(4-2)8-6-5-7-10-11-9;1-5(2)6(3)4/h3-8H2,1-2H3;. The number of unbranched alkanes of at least 4 members (excludes halogenated alkanes) is 1. The Morgan fingerprint density at radius 2 is 1.56 bits per heavy atom. The van der Waals surface area contributed by atoms with E-state index in [9.17, 15) is 0 Å². The van der Waals surface area contributed by atoms with Crippen LogP contribution in [0.15, 0.2) is 5.11 Å². The highest BCUT2D eigenvalue weighted by Gasteiger charge is 2.00. The van der Waals surface area contributed by atoms with Crippen molar-refractivity contribution in [2.75, 3.05) is 26.2 Å². The minimum atomic E-state index is -0.593. The maximum atomic E-state index is 8.02. The number of hydrogen-bond acceptors (Lipinski definition) is 2. The second kappa shape index (κ2) is 14.7. The van der Waals surface area contributed by atoms with E-state index in [1.165, 1.54) is 0 Å². The molecule has 0 unspecified atom stereocenters. The maximum Gasteiger partial charge on any atom is 0.0258 e. The molecule has 0 spiro atoms. The lowest BCUT2D eigenvalue weighted by Crippen LogP contribution is -2.38. The first-order valence-electron chi connectivity index (χ1n) is 6.25. The lowest BCUT2D eigenvalue weighted by molar-refractivity contribution is 0.297. The van der Waals surface area contributed by atoms with Crippen LogP contribution in [0.4, 0.5) is 0 Å². The summed E-state index contributed by atoms with van der Waals surface area (Å²) in [4.78, 5) is 5.08. The van der Waals surface area contributed by atoms with Crippen molar-refractivity contribution >= 4 is 43.7 Å². The predicted molar refractivity (Wildman–Crippen MR) is 85.6 cm³/mol. The van der Waals surface area contributed by atoms with Gasteiger partial charge in [0.2, 0.25) is 0 Å². The Kier molecular flexibility index (Phi) is 16.3. The SMILES string of the molecule is CCN(CC)CCCCN=[N+]=[N-].[B]B([B])B([B])[B]. The van der Waals surface area contributed by atoms with E-state index in [1.54, 1.807) is 0 Å². The van der Waals surface area contributed by atoms with Crippen LogP contribution < -0.4 is 0 Å². The van der Waals surface area contributed by atoms with E-state index in [0.717, 1.165) is 32.5 Å². The average Bonchev–Trinajstić information content (AvgIpc) is 2.34. The van der Waals surface area contributed by atoms with Crippen LogP contribution in [0.5, 0.6) is 0 Å². The number of rotatable bonds is 8. The summed E-state index contributed by atoms with van der Waals surface area (Å²) in [5, 5.41) is 3.48. The lowest BCUT2D eigenvalue weighted by Gasteiger charge is -2.16. The fraction of sp³-hybridized carbons (Fsp3) is 1.00. The molecule has 8 radical (unpaired) electrons. The molecule has 0 aromatic heterocycles. The van der Waals surface area contributed by atoms with Crippen molar-refractivity contribution in [1.29, 1.82) is 0 Å². The Morgan fingerprint density at radius 3 is 1.89 bits per heavy atom. The van der Waals surface area contributed by atoms with Crippen molar-refractivity contribution < 1.29 is 0 Å². The molecule has 0 aromatic carbocycles. The first-order valence-corrected chi connectivity index (χ1v) is 6.25. The van der Waals surface area contributed by atoms with Crippen molar-refractivity contribution in [3.63, 3.8) is 0 Å². The minimum absolute atomic E-state index is 0.593. The Labute approximate surface area is 117 Å². The van der Waals surface area contributed by atoms with Gasteiger partial charge in [-0.2, -0.15) is 0 Å². The molecule has 0 aliphatic heterocycles. The van der Waals surface area contributed by atoms with E-state index in [-0.39, 0.29) is 0 Å². The van der Waals surface area contributed by atoms with E-state index >= 15 is 0 Å². The molecule has 0 aliphatic rings. The molecule has 0 saturated heterocycles. The van der Waals surface area contributed by atoms with Gasteiger partial charge in [-0.05, 0) is 38.0 Å². The van der Waals surface area contributed by atoms with Gasteiger partial charge in [-0.25, -0.2) is 0 Å². The van der Waals surface area contributed by atoms with Crippen molar-refractivity contribution in [3.8, 4) is 0 Å². The first-order chi connectivity index (χ1) is 8.49. The van der Waals surface area contributed by atoms with Gasteiger partial charge in [-0.3, -0.25) is 0 Å². The summed E-state index contributed by atoms with van der Waals surface area (Å²) in [6, 6.07) is 0. The van der Waals surface area contributed by atoms with E-state index in [4.69, 9.17) is 36.5 Å². The summed E-state index contributed by atoms with van der Waals surface area (Å²) in [7, 11) is 19.9. The molecule has 0 fully saturated rings. The van der Waals surface area contributed by atoms with Crippen LogP contribution in [-0.4, -0.2) is 74.8 Å². The lowest BCUT2D eigenvalue weighted by atomic mass is 8.81. The molecule has 0 heterocycles. The van der Waals surface area contributed by atoms with Crippen molar-refractivity contribution in [2.24, 2.45) is 5.11 Å². The van der Waals surface area contributed by atoms with E-state index in [0.29, 0.717) is 6.54 Å². The van der Waals surface area contributed by atoms with Gasteiger partial charge in [0.25, 0.3) is 0 Å². The molecular formula is C8H18B6N4. The summed E-state index contributed by atoms with van der Waals surface area (Å²) < 4.78 is 0. The van der Waals surface area contributed by atoms with Crippen LogP contribution in [0.25, 0.3) is 10.4 Å². The van der Waals surface area contributed by atoms with Gasteiger partial charge in [-0.1, -0.05) is 19.0 Å². The molecule has 4 nitrogen and oxygen atoms in total. The van der Waals surface area contributed by atoms with E-state index in [2.05, 4.69) is 28.8 Å². The highest BCUT2D eigenvalue weighted by atomic mass is 15.1. The zero-order chi connectivity index (χ0) is 14.4. The molecule has 0 aliphatic carbocycles. The quantitative estimate of drug-likeness (QED) is 0.194. The minimum Gasteiger partial charge on any atom is -0.304 e. The molecule has 0 amide bonds. The second-order valence-corrected chi connectivity index (χ2v) is 3.84. The molecule has 10 heteroatoms. The molecule has 18 heavy (non-hydrogen) atoms. The molecular weight excluding hydrogens is 217 g/mol. The Hall–Kier alpha value is -0.340. The summed E-state index contributed by atoms with van der Waals surface area (Å²) in [6.07, 6.45) is 0.941. The van der Waals surface area contributed by atoms with Gasteiger partial charge in [0.05, 0.1) is 0 Å². The molecule has 0 bridgehead atoms. The molecule has 0 atom stereocenters. The summed E-state index contributed by atoms with van der Waals surface area (Å²) in [5.41, 5.74) is 8.02. The summed E-state index contributed by atoms with van der Waals surface area (Å²) >= 11 is 0. The number of nitrogens with zero attached hydrogens (tertiary/aromatic N) is 4. The first kappa shape index (κ1) is 20.0. The third-order valence-corrected chi connectivity index (χ3v) is 2.38. The zero-order valence-corrected chi connectivity index (χ0v) is 11.5. The highest BCUT2D eigenvalue weighted by molar-refractivity contribution is 7.76. The Bertz CT molecular complexity index is 212. The number of azide groups is 1. The zero-order valence-electron chi connectivity index (χ0n) is 11.5. The van der Waals surface area contributed by atoms with Gasteiger partial charge < -0.3 is 4.90 Å². The van der Waals surface area contributed by atoms with Crippen LogP contribution in [0.1, 0.15) is 26.7 Å². The van der Waals surface area contributed by atoms with Gasteiger partial charge in [0, 0.05) is 55.2 Å². The molecule has 0 saturated carbocycles. The monoisotopic (exact) mass is 236 g/mol. The highest BCUT2D eigenvalue weighted by Crippen LogP contribution is 1.95. The van der Waals surface area contributed by atoms with E-state index < -0.39 is 12.8 Å². The third-order valence-electron chi connectivity index (χ3n) is 2.38. The Balaban J connectivity index is 0. The summed E-state index contributed by atoms with van der Waals surface area (Å²) in [6.45, 7) is 8.30. The average molecular weight is 235 g/mol. The molecule has 0 aromatic rings. The van der Waals surface area contributed by atoms with Crippen LogP contribution in [0.3, 0.4) is 0 Å². The smallest absolute Gasteiger partial charge is 0.0258 e. The largest absolute Gasteiger partial charge is 0.304 e. The van der Waals surface area contributed by atoms with Crippen LogP contribution in [0.2, 0.25) is 0 Å². The topological polar surface area (TPSA) is 52.0 Å². The molecule has 0 N–H and O–H groups in total. The maximum absolute atomic E-state index is 8.02. The van der Waals surface area contributed by atoms with Crippen LogP contribution in [0, 0.1) is 0 Å². The van der Waals surface area contributed by atoms with Crippen molar-refractivity contribution in [2.45, 2.75) is 26.7 Å². The van der Waals surface area contributed by atoms with Crippen molar-refractivity contribution in [3.05, 3.63) is 10.4 Å². The van der Waals surface area contributed by atoms with Gasteiger partial charge >= 0.3 is 0 Å². The fourth-order valence-corrected chi connectivity index (χ4v) is 1.10. The van der Waals surface area contributed by atoms with Crippen LogP contribution in [-0.2, 0) is 0 Å². The predicted octanol–water partition coefficient (Wildman–Crippen LogP) is 0.134.